The molecule has 0 heterocycles. The average Bonchev–Trinajstić information content (AvgIpc) is 2.35. The number of carbonyl (C=O) groups is 1. The number of aryl methyl sites for hydroxylation is 2. The Balaban J connectivity index is 3.09. The summed E-state index contributed by atoms with van der Waals surface area (Å²) in [7, 11) is -1.93. The highest BCUT2D eigenvalue weighted by molar-refractivity contribution is 7.91. The van der Waals surface area contributed by atoms with Crippen LogP contribution in [0.2, 0.25) is 0 Å². The number of esters is 1. The summed E-state index contributed by atoms with van der Waals surface area (Å²) in [5.41, 5.74) is 1.66. The molecule has 100 valence electrons. The fourth-order valence-electron chi connectivity index (χ4n) is 1.70. The van der Waals surface area contributed by atoms with Crippen molar-refractivity contribution in [1.29, 1.82) is 0 Å². The Morgan fingerprint density at radius 1 is 1.33 bits per heavy atom. The zero-order valence-electron chi connectivity index (χ0n) is 10.9. The Bertz CT molecular complexity index is 532. The van der Waals surface area contributed by atoms with Crippen LogP contribution in [-0.4, -0.2) is 27.2 Å². The molecule has 4 nitrogen and oxygen atoms in total. The number of rotatable bonds is 5. The molecule has 0 aliphatic carbocycles. The number of hydrogen-bond acceptors (Lipinski definition) is 4. The van der Waals surface area contributed by atoms with E-state index in [0.29, 0.717) is 16.9 Å². The quantitative estimate of drug-likeness (QED) is 0.767. The lowest BCUT2D eigenvalue weighted by Crippen LogP contribution is -2.09. The normalized spacial score (nSPS) is 11.3. The Labute approximate surface area is 108 Å². The third-order valence-corrected chi connectivity index (χ3v) is 4.59. The van der Waals surface area contributed by atoms with E-state index in [1.54, 1.807) is 19.1 Å². The van der Waals surface area contributed by atoms with E-state index in [1.807, 2.05) is 13.0 Å². The zero-order valence-corrected chi connectivity index (χ0v) is 11.7. The third kappa shape index (κ3) is 3.57. The maximum absolute atomic E-state index is 11.9. The fraction of sp³-hybridized carbons (Fsp3) is 0.462. The van der Waals surface area contributed by atoms with Gasteiger partial charge in [0.2, 0.25) is 0 Å². The molecule has 0 aliphatic heterocycles. The van der Waals surface area contributed by atoms with Gasteiger partial charge in [-0.3, -0.25) is 4.79 Å². The van der Waals surface area contributed by atoms with Crippen molar-refractivity contribution in [3.63, 3.8) is 0 Å². The molecular formula is C13H18O4S. The molecule has 0 spiro atoms. The Kier molecular flexibility index (Phi) is 4.90. The van der Waals surface area contributed by atoms with Crippen LogP contribution in [-0.2, 0) is 25.8 Å². The number of ether oxygens (including phenoxy) is 1. The van der Waals surface area contributed by atoms with Crippen molar-refractivity contribution in [2.75, 3.05) is 12.9 Å². The van der Waals surface area contributed by atoms with Gasteiger partial charge in [0.05, 0.1) is 17.8 Å². The van der Waals surface area contributed by atoms with Crippen LogP contribution in [0.5, 0.6) is 0 Å². The molecule has 18 heavy (non-hydrogen) atoms. The van der Waals surface area contributed by atoms with Crippen LogP contribution in [0.25, 0.3) is 0 Å². The minimum Gasteiger partial charge on any atom is -0.469 e. The van der Waals surface area contributed by atoms with Gasteiger partial charge in [0.15, 0.2) is 9.84 Å². The molecule has 1 aromatic rings. The standard InChI is InChI=1S/C13H18O4S/c1-4-18(15,16)12-7-5-10(2)9-11(12)6-8-13(14)17-3/h5,7,9H,4,6,8H2,1-3H3. The highest BCUT2D eigenvalue weighted by Gasteiger charge is 2.17. The molecule has 0 bridgehead atoms. The minimum absolute atomic E-state index is 0.0568. The van der Waals surface area contributed by atoms with E-state index in [-0.39, 0.29) is 18.1 Å². The Morgan fingerprint density at radius 2 is 2.00 bits per heavy atom. The van der Waals surface area contributed by atoms with Crippen molar-refractivity contribution < 1.29 is 17.9 Å². The fourth-order valence-corrected chi connectivity index (χ4v) is 2.85. The van der Waals surface area contributed by atoms with Crippen molar-refractivity contribution in [3.8, 4) is 0 Å². The van der Waals surface area contributed by atoms with Crippen molar-refractivity contribution in [2.24, 2.45) is 0 Å². The first-order chi connectivity index (χ1) is 8.40. The first kappa shape index (κ1) is 14.7. The van der Waals surface area contributed by atoms with Gasteiger partial charge in [-0.25, -0.2) is 8.42 Å². The van der Waals surface area contributed by atoms with Crippen LogP contribution in [0.1, 0.15) is 24.5 Å². The average molecular weight is 270 g/mol. The van der Waals surface area contributed by atoms with E-state index in [9.17, 15) is 13.2 Å². The summed E-state index contributed by atoms with van der Waals surface area (Å²) in [6.45, 7) is 3.50. The molecule has 0 saturated heterocycles. The van der Waals surface area contributed by atoms with E-state index in [0.717, 1.165) is 5.56 Å². The summed E-state index contributed by atoms with van der Waals surface area (Å²) in [5.74, 6) is -0.280. The number of benzene rings is 1. The summed E-state index contributed by atoms with van der Waals surface area (Å²) in [6.07, 6.45) is 0.565. The molecule has 0 atom stereocenters. The van der Waals surface area contributed by atoms with Gasteiger partial charge in [-0.05, 0) is 25.0 Å². The summed E-state index contributed by atoms with van der Waals surface area (Å²) in [6, 6.07) is 5.19. The van der Waals surface area contributed by atoms with Crippen molar-refractivity contribution in [1.82, 2.24) is 0 Å². The summed E-state index contributed by atoms with van der Waals surface area (Å²) < 4.78 is 28.4. The van der Waals surface area contributed by atoms with E-state index < -0.39 is 9.84 Å². The Morgan fingerprint density at radius 3 is 2.56 bits per heavy atom. The van der Waals surface area contributed by atoms with Gasteiger partial charge >= 0.3 is 5.97 Å². The molecule has 0 aromatic heterocycles. The lowest BCUT2D eigenvalue weighted by molar-refractivity contribution is -0.140. The third-order valence-electron chi connectivity index (χ3n) is 2.76. The zero-order chi connectivity index (χ0) is 13.8. The second kappa shape index (κ2) is 6.00. The predicted octanol–water partition coefficient (Wildman–Crippen LogP) is 1.89. The van der Waals surface area contributed by atoms with E-state index in [1.165, 1.54) is 7.11 Å². The van der Waals surface area contributed by atoms with E-state index in [2.05, 4.69) is 4.74 Å². The van der Waals surface area contributed by atoms with Crippen LogP contribution < -0.4 is 0 Å². The molecule has 1 aromatic carbocycles. The number of methoxy groups -OCH3 is 1. The smallest absolute Gasteiger partial charge is 0.305 e. The Hall–Kier alpha value is -1.36. The SMILES string of the molecule is CCS(=O)(=O)c1ccc(C)cc1CCC(=O)OC. The molecular weight excluding hydrogens is 252 g/mol. The molecule has 0 aliphatic rings. The van der Waals surface area contributed by atoms with Gasteiger partial charge in [-0.2, -0.15) is 0 Å². The van der Waals surface area contributed by atoms with Crippen molar-refractivity contribution in [3.05, 3.63) is 29.3 Å². The molecule has 0 saturated carbocycles. The molecule has 0 fully saturated rings. The topological polar surface area (TPSA) is 60.4 Å². The molecule has 0 unspecified atom stereocenters. The monoisotopic (exact) mass is 270 g/mol. The first-order valence-corrected chi connectivity index (χ1v) is 7.45. The summed E-state index contributed by atoms with van der Waals surface area (Å²) >= 11 is 0. The molecule has 0 N–H and O–H groups in total. The first-order valence-electron chi connectivity index (χ1n) is 5.79. The van der Waals surface area contributed by atoms with Crippen LogP contribution in [0.15, 0.2) is 23.1 Å². The number of carbonyl (C=O) groups excluding carboxylic acids is 1. The molecule has 0 radical (unpaired) electrons. The van der Waals surface area contributed by atoms with Crippen molar-refractivity contribution >= 4 is 15.8 Å². The largest absolute Gasteiger partial charge is 0.469 e. The van der Waals surface area contributed by atoms with Gasteiger partial charge in [0, 0.05) is 6.42 Å². The number of sulfone groups is 1. The highest BCUT2D eigenvalue weighted by atomic mass is 32.2. The van der Waals surface area contributed by atoms with Gasteiger partial charge < -0.3 is 4.74 Å². The molecule has 1 rings (SSSR count). The summed E-state index contributed by atoms with van der Waals surface area (Å²) in [5, 5.41) is 0. The maximum Gasteiger partial charge on any atom is 0.305 e. The maximum atomic E-state index is 11.9. The van der Waals surface area contributed by atoms with Crippen LogP contribution >= 0.6 is 0 Å². The lowest BCUT2D eigenvalue weighted by atomic mass is 10.1. The van der Waals surface area contributed by atoms with Gasteiger partial charge in [-0.1, -0.05) is 24.6 Å². The lowest BCUT2D eigenvalue weighted by Gasteiger charge is -2.10. The predicted molar refractivity (Wildman–Crippen MR) is 69.2 cm³/mol. The van der Waals surface area contributed by atoms with Crippen LogP contribution in [0, 0.1) is 6.92 Å². The van der Waals surface area contributed by atoms with Gasteiger partial charge in [0.1, 0.15) is 0 Å². The minimum atomic E-state index is -3.25. The van der Waals surface area contributed by atoms with Gasteiger partial charge in [-0.15, -0.1) is 0 Å². The van der Waals surface area contributed by atoms with Gasteiger partial charge in [0.25, 0.3) is 0 Å². The summed E-state index contributed by atoms with van der Waals surface area (Å²) in [4.78, 5) is 11.4. The second-order valence-electron chi connectivity index (χ2n) is 4.09. The molecule has 0 amide bonds. The van der Waals surface area contributed by atoms with Crippen LogP contribution in [0.4, 0.5) is 0 Å². The second-order valence-corrected chi connectivity index (χ2v) is 6.34. The molecule has 5 heteroatoms. The van der Waals surface area contributed by atoms with Crippen LogP contribution in [0.3, 0.4) is 0 Å². The van der Waals surface area contributed by atoms with E-state index >= 15 is 0 Å². The highest BCUT2D eigenvalue weighted by Crippen LogP contribution is 2.20. The number of hydrogen-bond donors (Lipinski definition) is 0. The van der Waals surface area contributed by atoms with Crippen molar-refractivity contribution in [2.45, 2.75) is 31.6 Å². The van der Waals surface area contributed by atoms with E-state index in [4.69, 9.17) is 0 Å².